The molecule has 0 fully saturated rings. The largest absolute Gasteiger partial charge is 0.367 e. The van der Waals surface area contributed by atoms with E-state index < -0.39 is 0 Å². The van der Waals surface area contributed by atoms with Gasteiger partial charge in [0.15, 0.2) is 0 Å². The zero-order valence-electron chi connectivity index (χ0n) is 19.6. The number of hydrogen-bond donors (Lipinski definition) is 2. The van der Waals surface area contributed by atoms with Gasteiger partial charge in [-0.2, -0.15) is 0 Å². The van der Waals surface area contributed by atoms with E-state index in [0.717, 1.165) is 52.9 Å². The Hall–Kier alpha value is -3.83. The highest BCUT2D eigenvalue weighted by Gasteiger charge is 2.20. The van der Waals surface area contributed by atoms with Crippen molar-refractivity contribution in [3.8, 4) is 11.1 Å². The molecule has 176 valence electrons. The van der Waals surface area contributed by atoms with Crippen molar-refractivity contribution in [3.05, 3.63) is 112 Å². The van der Waals surface area contributed by atoms with Crippen molar-refractivity contribution in [2.75, 3.05) is 23.3 Å². The van der Waals surface area contributed by atoms with Gasteiger partial charge in [0.05, 0.1) is 5.69 Å². The lowest BCUT2D eigenvalue weighted by Crippen LogP contribution is -2.34. The standard InChI is InChI=1S/C29H27ClN4O/c1-20-7-12-26(30)15-25(20)19-34-14-13-31-28-27(34)16-24(18-32-28)22-8-10-23(11-9-22)29(35)33-17-21-5-3-2-4-6-21/h2-12,15-16,18H,13-14,17,19H2,1H3,(H,31,32)(H,33,35). The summed E-state index contributed by atoms with van der Waals surface area (Å²) in [6.07, 6.45) is 1.88. The molecule has 0 atom stereocenters. The summed E-state index contributed by atoms with van der Waals surface area (Å²) >= 11 is 6.25. The molecule has 35 heavy (non-hydrogen) atoms. The molecule has 0 unspecified atom stereocenters. The number of nitrogens with one attached hydrogen (secondary N) is 2. The van der Waals surface area contributed by atoms with Crippen molar-refractivity contribution in [1.29, 1.82) is 0 Å². The van der Waals surface area contributed by atoms with E-state index in [0.29, 0.717) is 12.1 Å². The van der Waals surface area contributed by atoms with Crippen molar-refractivity contribution in [2.45, 2.75) is 20.0 Å². The predicted octanol–water partition coefficient (Wildman–Crippen LogP) is 6.07. The van der Waals surface area contributed by atoms with E-state index in [2.05, 4.69) is 39.6 Å². The van der Waals surface area contributed by atoms with Gasteiger partial charge in [0.25, 0.3) is 5.91 Å². The molecule has 0 saturated heterocycles. The Bertz CT molecular complexity index is 1340. The lowest BCUT2D eigenvalue weighted by Gasteiger charge is -2.32. The van der Waals surface area contributed by atoms with Gasteiger partial charge in [0.2, 0.25) is 0 Å². The first-order chi connectivity index (χ1) is 17.1. The first-order valence-corrected chi connectivity index (χ1v) is 12.1. The van der Waals surface area contributed by atoms with Crippen LogP contribution in [-0.4, -0.2) is 24.0 Å². The number of carbonyl (C=O) groups excluding carboxylic acids is 1. The molecule has 4 aromatic rings. The zero-order valence-corrected chi connectivity index (χ0v) is 20.3. The molecular weight excluding hydrogens is 456 g/mol. The fourth-order valence-corrected chi connectivity index (χ4v) is 4.49. The van der Waals surface area contributed by atoms with E-state index in [1.165, 1.54) is 11.1 Å². The molecule has 0 radical (unpaired) electrons. The molecule has 0 spiro atoms. The van der Waals surface area contributed by atoms with E-state index in [1.807, 2.05) is 72.9 Å². The molecule has 5 nitrogen and oxygen atoms in total. The molecule has 3 aromatic carbocycles. The molecule has 1 aliphatic rings. The van der Waals surface area contributed by atoms with Crippen LogP contribution in [0.2, 0.25) is 5.02 Å². The van der Waals surface area contributed by atoms with Gasteiger partial charge in [0, 0.05) is 48.5 Å². The third kappa shape index (κ3) is 5.31. The first kappa shape index (κ1) is 22.9. The van der Waals surface area contributed by atoms with Crippen LogP contribution < -0.4 is 15.5 Å². The molecule has 1 aliphatic heterocycles. The van der Waals surface area contributed by atoms with Gasteiger partial charge in [-0.15, -0.1) is 0 Å². The van der Waals surface area contributed by atoms with Crippen LogP contribution >= 0.6 is 11.6 Å². The minimum absolute atomic E-state index is 0.0868. The Morgan fingerprint density at radius 3 is 2.63 bits per heavy atom. The number of aryl methyl sites for hydroxylation is 1. The van der Waals surface area contributed by atoms with E-state index in [1.54, 1.807) is 0 Å². The minimum Gasteiger partial charge on any atom is -0.367 e. The van der Waals surface area contributed by atoms with Crippen LogP contribution in [0.1, 0.15) is 27.0 Å². The molecule has 2 N–H and O–H groups in total. The Morgan fingerprint density at radius 2 is 1.83 bits per heavy atom. The summed E-state index contributed by atoms with van der Waals surface area (Å²) in [4.78, 5) is 19.6. The summed E-state index contributed by atoms with van der Waals surface area (Å²) < 4.78 is 0. The van der Waals surface area contributed by atoms with Gasteiger partial charge in [-0.05, 0) is 59.5 Å². The number of halogens is 1. The van der Waals surface area contributed by atoms with E-state index in [4.69, 9.17) is 11.6 Å². The second-order valence-corrected chi connectivity index (χ2v) is 9.19. The number of fused-ring (bicyclic) bond motifs is 1. The van der Waals surface area contributed by atoms with Crippen LogP contribution in [0.25, 0.3) is 11.1 Å². The number of benzene rings is 3. The second kappa shape index (κ2) is 10.2. The summed E-state index contributed by atoms with van der Waals surface area (Å²) in [6.45, 7) is 5.11. The van der Waals surface area contributed by atoms with Gasteiger partial charge in [-0.25, -0.2) is 4.98 Å². The topological polar surface area (TPSA) is 57.3 Å². The molecule has 2 heterocycles. The normalized spacial score (nSPS) is 12.6. The van der Waals surface area contributed by atoms with Gasteiger partial charge in [-0.1, -0.05) is 60.1 Å². The van der Waals surface area contributed by atoms with E-state index in [9.17, 15) is 4.79 Å². The number of nitrogens with zero attached hydrogens (tertiary/aromatic N) is 2. The summed E-state index contributed by atoms with van der Waals surface area (Å²) in [5.74, 6) is 0.799. The Kier molecular flexibility index (Phi) is 6.68. The van der Waals surface area contributed by atoms with Gasteiger partial charge >= 0.3 is 0 Å². The van der Waals surface area contributed by atoms with E-state index >= 15 is 0 Å². The number of carbonyl (C=O) groups is 1. The van der Waals surface area contributed by atoms with Crippen LogP contribution in [0.5, 0.6) is 0 Å². The van der Waals surface area contributed by atoms with Crippen molar-refractivity contribution < 1.29 is 4.79 Å². The van der Waals surface area contributed by atoms with Crippen molar-refractivity contribution in [1.82, 2.24) is 10.3 Å². The fraction of sp³-hybridized carbons (Fsp3) is 0.172. The van der Waals surface area contributed by atoms with Crippen molar-refractivity contribution >= 4 is 29.0 Å². The molecule has 1 amide bonds. The Labute approximate surface area is 210 Å². The van der Waals surface area contributed by atoms with Crippen LogP contribution in [0.3, 0.4) is 0 Å². The number of amides is 1. The highest BCUT2D eigenvalue weighted by Crippen LogP contribution is 2.33. The SMILES string of the molecule is Cc1ccc(Cl)cc1CN1CCNc2ncc(-c3ccc(C(=O)NCc4ccccc4)cc3)cc21. The maximum absolute atomic E-state index is 12.6. The number of rotatable bonds is 6. The average Bonchev–Trinajstić information content (AvgIpc) is 2.90. The zero-order chi connectivity index (χ0) is 24.2. The van der Waals surface area contributed by atoms with Crippen LogP contribution in [0.4, 0.5) is 11.5 Å². The molecule has 0 bridgehead atoms. The van der Waals surface area contributed by atoms with Crippen LogP contribution in [0, 0.1) is 6.92 Å². The van der Waals surface area contributed by atoms with Crippen molar-refractivity contribution in [3.63, 3.8) is 0 Å². The van der Waals surface area contributed by atoms with Gasteiger partial charge in [-0.3, -0.25) is 4.79 Å². The molecule has 0 saturated carbocycles. The van der Waals surface area contributed by atoms with Crippen LogP contribution in [0.15, 0.2) is 85.1 Å². The lowest BCUT2D eigenvalue weighted by molar-refractivity contribution is 0.0951. The summed E-state index contributed by atoms with van der Waals surface area (Å²) in [5, 5.41) is 7.13. The number of pyridine rings is 1. The second-order valence-electron chi connectivity index (χ2n) is 8.76. The third-order valence-electron chi connectivity index (χ3n) is 6.33. The average molecular weight is 483 g/mol. The molecule has 6 heteroatoms. The fourth-order valence-electron chi connectivity index (χ4n) is 4.29. The number of hydrogen-bond acceptors (Lipinski definition) is 4. The Morgan fingerprint density at radius 1 is 1.03 bits per heavy atom. The predicted molar refractivity (Wildman–Crippen MR) is 143 cm³/mol. The first-order valence-electron chi connectivity index (χ1n) is 11.7. The maximum Gasteiger partial charge on any atom is 0.251 e. The lowest BCUT2D eigenvalue weighted by atomic mass is 10.0. The number of aromatic nitrogens is 1. The monoisotopic (exact) mass is 482 g/mol. The molecular formula is C29H27ClN4O. The van der Waals surface area contributed by atoms with Gasteiger partial charge < -0.3 is 15.5 Å². The summed E-state index contributed by atoms with van der Waals surface area (Å²) in [5.41, 5.74) is 7.24. The highest BCUT2D eigenvalue weighted by atomic mass is 35.5. The molecule has 0 aliphatic carbocycles. The highest BCUT2D eigenvalue weighted by molar-refractivity contribution is 6.30. The molecule has 5 rings (SSSR count). The smallest absolute Gasteiger partial charge is 0.251 e. The van der Waals surface area contributed by atoms with Gasteiger partial charge in [0.1, 0.15) is 5.82 Å². The van der Waals surface area contributed by atoms with Crippen molar-refractivity contribution in [2.24, 2.45) is 0 Å². The maximum atomic E-state index is 12.6. The number of anilines is 2. The van der Waals surface area contributed by atoms with E-state index in [-0.39, 0.29) is 5.91 Å². The Balaban J connectivity index is 1.33. The molecule has 1 aromatic heterocycles. The third-order valence-corrected chi connectivity index (χ3v) is 6.57. The summed E-state index contributed by atoms with van der Waals surface area (Å²) in [6, 6.07) is 25.8. The quantitative estimate of drug-likeness (QED) is 0.350. The van der Waals surface area contributed by atoms with Crippen LogP contribution in [-0.2, 0) is 13.1 Å². The minimum atomic E-state index is -0.0868. The summed E-state index contributed by atoms with van der Waals surface area (Å²) in [7, 11) is 0.